The molecule has 2 amide bonds. The van der Waals surface area contributed by atoms with E-state index in [-0.39, 0.29) is 12.1 Å². The van der Waals surface area contributed by atoms with E-state index in [0.717, 1.165) is 28.1 Å². The maximum Gasteiger partial charge on any atom is 0.322 e. The number of fused-ring (bicyclic) bond motifs is 3. The highest BCUT2D eigenvalue weighted by Crippen LogP contribution is 2.38. The molecule has 31 heavy (non-hydrogen) atoms. The Morgan fingerprint density at radius 2 is 1.77 bits per heavy atom. The first-order chi connectivity index (χ1) is 15.1. The van der Waals surface area contributed by atoms with Gasteiger partial charge in [0, 0.05) is 22.6 Å². The number of halogens is 1. The molecule has 1 aliphatic heterocycles. The standard InChI is InChI=1S/C26H22ClN3O/c1-18-8-2-4-12-22(18)25-24-14-7-15-29(24)23-13-5-3-9-19(23)17-30(25)26(31)28-21-11-6-10-20(27)16-21/h2-16,25H,17H2,1H3,(H,28,31). The summed E-state index contributed by atoms with van der Waals surface area (Å²) in [7, 11) is 0. The molecule has 4 aromatic rings. The zero-order valence-corrected chi connectivity index (χ0v) is 17.9. The van der Waals surface area contributed by atoms with Crippen molar-refractivity contribution in [3.63, 3.8) is 0 Å². The molecule has 2 heterocycles. The highest BCUT2D eigenvalue weighted by Gasteiger charge is 2.33. The van der Waals surface area contributed by atoms with Gasteiger partial charge in [-0.1, -0.05) is 60.1 Å². The lowest BCUT2D eigenvalue weighted by Gasteiger charge is -2.32. The van der Waals surface area contributed by atoms with E-state index in [1.807, 2.05) is 47.4 Å². The largest absolute Gasteiger partial charge is 0.322 e. The molecule has 5 rings (SSSR count). The van der Waals surface area contributed by atoms with Crippen LogP contribution in [0, 0.1) is 6.92 Å². The number of carbonyl (C=O) groups is 1. The fraction of sp³-hybridized carbons (Fsp3) is 0.115. The predicted octanol–water partition coefficient (Wildman–Crippen LogP) is 6.58. The van der Waals surface area contributed by atoms with Crippen molar-refractivity contribution in [3.8, 4) is 5.69 Å². The van der Waals surface area contributed by atoms with Gasteiger partial charge in [-0.15, -0.1) is 0 Å². The highest BCUT2D eigenvalue weighted by molar-refractivity contribution is 6.30. The van der Waals surface area contributed by atoms with Crippen LogP contribution in [0.2, 0.25) is 5.02 Å². The van der Waals surface area contributed by atoms with Crippen molar-refractivity contribution in [1.29, 1.82) is 0 Å². The maximum absolute atomic E-state index is 13.6. The molecule has 0 saturated heterocycles. The normalized spacial score (nSPS) is 15.0. The van der Waals surface area contributed by atoms with Gasteiger partial charge >= 0.3 is 6.03 Å². The molecule has 0 fully saturated rings. The molecule has 3 aromatic carbocycles. The summed E-state index contributed by atoms with van der Waals surface area (Å²) in [6.45, 7) is 2.58. The second-order valence-corrected chi connectivity index (χ2v) is 8.20. The van der Waals surface area contributed by atoms with Crippen molar-refractivity contribution >= 4 is 23.3 Å². The van der Waals surface area contributed by atoms with Crippen molar-refractivity contribution in [2.45, 2.75) is 19.5 Å². The van der Waals surface area contributed by atoms with Crippen LogP contribution in [0.25, 0.3) is 5.69 Å². The number of urea groups is 1. The van der Waals surface area contributed by atoms with Gasteiger partial charge in [0.2, 0.25) is 0 Å². The molecule has 1 aromatic heterocycles. The minimum atomic E-state index is -0.234. The lowest BCUT2D eigenvalue weighted by atomic mass is 9.97. The fourth-order valence-electron chi connectivity index (χ4n) is 4.32. The van der Waals surface area contributed by atoms with Crippen LogP contribution in [0.15, 0.2) is 91.1 Å². The molecule has 1 aliphatic rings. The Bertz CT molecular complexity index is 1260. The summed E-state index contributed by atoms with van der Waals surface area (Å²) >= 11 is 6.14. The SMILES string of the molecule is Cc1ccccc1C1c2cccn2-c2ccccc2CN1C(=O)Nc1cccc(Cl)c1. The number of hydrogen-bond donors (Lipinski definition) is 1. The van der Waals surface area contributed by atoms with Crippen LogP contribution in [0.4, 0.5) is 10.5 Å². The number of hydrogen-bond acceptors (Lipinski definition) is 1. The Labute approximate surface area is 186 Å². The summed E-state index contributed by atoms with van der Waals surface area (Å²) < 4.78 is 2.19. The first-order valence-electron chi connectivity index (χ1n) is 10.3. The topological polar surface area (TPSA) is 37.3 Å². The first kappa shape index (κ1) is 19.5. The molecular weight excluding hydrogens is 406 g/mol. The van der Waals surface area contributed by atoms with E-state index >= 15 is 0 Å². The number of anilines is 1. The molecule has 1 atom stereocenters. The summed E-state index contributed by atoms with van der Waals surface area (Å²) in [5, 5.41) is 3.63. The number of nitrogens with zero attached hydrogens (tertiary/aromatic N) is 2. The van der Waals surface area contributed by atoms with E-state index < -0.39 is 0 Å². The van der Waals surface area contributed by atoms with Crippen LogP contribution in [0.1, 0.15) is 28.4 Å². The molecule has 5 heteroatoms. The number of aromatic nitrogens is 1. The Hall–Kier alpha value is -3.50. The zero-order valence-electron chi connectivity index (χ0n) is 17.1. The molecule has 0 radical (unpaired) electrons. The van der Waals surface area contributed by atoms with Crippen LogP contribution in [0.3, 0.4) is 0 Å². The molecule has 4 nitrogen and oxygen atoms in total. The lowest BCUT2D eigenvalue weighted by Crippen LogP contribution is -2.38. The third-order valence-corrected chi connectivity index (χ3v) is 6.02. The predicted molar refractivity (Wildman–Crippen MR) is 125 cm³/mol. The van der Waals surface area contributed by atoms with Crippen molar-refractivity contribution in [1.82, 2.24) is 9.47 Å². The highest BCUT2D eigenvalue weighted by atomic mass is 35.5. The third-order valence-electron chi connectivity index (χ3n) is 5.78. The Kier molecular flexibility index (Phi) is 5.00. The molecule has 0 spiro atoms. The number of para-hydroxylation sites is 1. The summed E-state index contributed by atoms with van der Waals surface area (Å²) in [6, 6.07) is 27.5. The number of aryl methyl sites for hydroxylation is 1. The number of carbonyl (C=O) groups excluding carboxylic acids is 1. The first-order valence-corrected chi connectivity index (χ1v) is 10.6. The van der Waals surface area contributed by atoms with Gasteiger partial charge in [0.25, 0.3) is 0 Å². The van der Waals surface area contributed by atoms with E-state index in [0.29, 0.717) is 17.3 Å². The summed E-state index contributed by atoms with van der Waals surface area (Å²) in [6.07, 6.45) is 2.07. The van der Waals surface area contributed by atoms with E-state index in [9.17, 15) is 4.79 Å². The van der Waals surface area contributed by atoms with E-state index in [4.69, 9.17) is 11.6 Å². The quantitative estimate of drug-likeness (QED) is 0.385. The molecule has 1 unspecified atom stereocenters. The fourth-order valence-corrected chi connectivity index (χ4v) is 4.51. The van der Waals surface area contributed by atoms with Gasteiger partial charge < -0.3 is 14.8 Å². The summed E-state index contributed by atoms with van der Waals surface area (Å²) in [5.41, 5.74) is 6.18. The van der Waals surface area contributed by atoms with Gasteiger partial charge in [-0.3, -0.25) is 0 Å². The molecule has 0 bridgehead atoms. The van der Waals surface area contributed by atoms with Gasteiger partial charge in [-0.05, 0) is 60.0 Å². The van der Waals surface area contributed by atoms with Crippen LogP contribution in [-0.2, 0) is 6.54 Å². The van der Waals surface area contributed by atoms with Gasteiger partial charge in [0.1, 0.15) is 6.04 Å². The molecule has 154 valence electrons. The van der Waals surface area contributed by atoms with Crippen molar-refractivity contribution in [3.05, 3.63) is 119 Å². The smallest absolute Gasteiger partial charge is 0.318 e. The van der Waals surface area contributed by atoms with Crippen LogP contribution in [0.5, 0.6) is 0 Å². The van der Waals surface area contributed by atoms with Crippen molar-refractivity contribution in [2.24, 2.45) is 0 Å². The van der Waals surface area contributed by atoms with E-state index in [1.54, 1.807) is 12.1 Å². The Morgan fingerprint density at radius 3 is 2.61 bits per heavy atom. The van der Waals surface area contributed by atoms with Crippen LogP contribution in [-0.4, -0.2) is 15.5 Å². The number of nitrogens with one attached hydrogen (secondary N) is 1. The Balaban J connectivity index is 1.65. The third kappa shape index (κ3) is 3.60. The van der Waals surface area contributed by atoms with Crippen molar-refractivity contribution in [2.75, 3.05) is 5.32 Å². The van der Waals surface area contributed by atoms with E-state index in [1.165, 1.54) is 0 Å². The maximum atomic E-state index is 13.6. The average molecular weight is 428 g/mol. The number of benzene rings is 3. The van der Waals surface area contributed by atoms with Gasteiger partial charge in [0.15, 0.2) is 0 Å². The molecular formula is C26H22ClN3O. The van der Waals surface area contributed by atoms with E-state index in [2.05, 4.69) is 53.3 Å². The number of rotatable bonds is 2. The molecule has 0 aliphatic carbocycles. The second kappa shape index (κ2) is 7.97. The lowest BCUT2D eigenvalue weighted by molar-refractivity contribution is 0.194. The van der Waals surface area contributed by atoms with Gasteiger partial charge in [-0.25, -0.2) is 4.79 Å². The van der Waals surface area contributed by atoms with Crippen molar-refractivity contribution < 1.29 is 4.79 Å². The minimum absolute atomic E-state index is 0.167. The zero-order chi connectivity index (χ0) is 21.4. The van der Waals surface area contributed by atoms with Gasteiger partial charge in [0.05, 0.1) is 12.2 Å². The van der Waals surface area contributed by atoms with Gasteiger partial charge in [-0.2, -0.15) is 0 Å². The summed E-state index contributed by atoms with van der Waals surface area (Å²) in [4.78, 5) is 15.5. The Morgan fingerprint density at radius 1 is 0.968 bits per heavy atom. The monoisotopic (exact) mass is 427 g/mol. The second-order valence-electron chi connectivity index (χ2n) is 7.76. The summed E-state index contributed by atoms with van der Waals surface area (Å²) in [5.74, 6) is 0. The average Bonchev–Trinajstić information content (AvgIpc) is 3.19. The minimum Gasteiger partial charge on any atom is -0.318 e. The van der Waals surface area contributed by atoms with Crippen LogP contribution >= 0.6 is 11.6 Å². The molecule has 1 N–H and O–H groups in total. The number of amides is 2. The van der Waals surface area contributed by atoms with Crippen LogP contribution < -0.4 is 5.32 Å². The molecule has 0 saturated carbocycles.